The zero-order chi connectivity index (χ0) is 21.5. The van der Waals surface area contributed by atoms with Crippen molar-refractivity contribution in [3.8, 4) is 11.3 Å². The molecule has 1 aliphatic rings. The van der Waals surface area contributed by atoms with Gasteiger partial charge in [-0.3, -0.25) is 4.79 Å². The molecular weight excluding hydrogens is 394 g/mol. The first-order chi connectivity index (χ1) is 15.0. The molecule has 1 amide bonds. The summed E-state index contributed by atoms with van der Waals surface area (Å²) >= 11 is 0. The Morgan fingerprint density at radius 2 is 1.94 bits per heavy atom. The van der Waals surface area contributed by atoms with Crippen LogP contribution in [-0.4, -0.2) is 40.6 Å². The third-order valence-electron chi connectivity index (χ3n) is 5.75. The number of aromatic nitrogens is 2. The number of benzene rings is 2. The molecule has 7 nitrogen and oxygen atoms in total. The lowest BCUT2D eigenvalue weighted by Gasteiger charge is -2.26. The van der Waals surface area contributed by atoms with E-state index in [0.717, 1.165) is 33.3 Å². The average Bonchev–Trinajstić information content (AvgIpc) is 3.43. The lowest BCUT2D eigenvalue weighted by atomic mass is 10.0. The second-order valence-electron chi connectivity index (χ2n) is 7.75. The molecule has 1 N–H and O–H groups in total. The number of hydrogen-bond acceptors (Lipinski definition) is 5. The highest BCUT2D eigenvalue weighted by Gasteiger charge is 2.27. The Kier molecular flexibility index (Phi) is 4.58. The summed E-state index contributed by atoms with van der Waals surface area (Å²) in [5, 5.41) is 5.00. The maximum Gasteiger partial charge on any atom is 0.337 e. The van der Waals surface area contributed by atoms with Gasteiger partial charge in [-0.1, -0.05) is 35.0 Å². The number of hydrogen-bond donors (Lipinski definition) is 1. The number of methoxy groups -OCH3 is 1. The van der Waals surface area contributed by atoms with Crippen molar-refractivity contribution in [1.29, 1.82) is 0 Å². The van der Waals surface area contributed by atoms with Crippen LogP contribution in [0.15, 0.2) is 53.1 Å². The van der Waals surface area contributed by atoms with Crippen molar-refractivity contribution in [3.05, 3.63) is 76.7 Å². The maximum absolute atomic E-state index is 13.1. The second kappa shape index (κ2) is 7.43. The fourth-order valence-electron chi connectivity index (χ4n) is 4.02. The smallest absolute Gasteiger partial charge is 0.337 e. The summed E-state index contributed by atoms with van der Waals surface area (Å²) in [5.74, 6) is -0.366. The van der Waals surface area contributed by atoms with Gasteiger partial charge in [-0.15, -0.1) is 0 Å². The number of nitrogens with one attached hydrogen (secondary N) is 1. The fraction of sp³-hybridized carbons (Fsp3) is 0.208. The molecule has 0 atom stereocenters. The van der Waals surface area contributed by atoms with E-state index in [1.807, 2.05) is 43.3 Å². The highest BCUT2D eigenvalue weighted by molar-refractivity contribution is 5.97. The Morgan fingerprint density at radius 3 is 2.71 bits per heavy atom. The zero-order valence-electron chi connectivity index (χ0n) is 17.3. The first-order valence-electron chi connectivity index (χ1n) is 10.1. The number of H-pyrrole nitrogens is 1. The van der Waals surface area contributed by atoms with Gasteiger partial charge in [0.05, 0.1) is 12.7 Å². The minimum Gasteiger partial charge on any atom is -0.465 e. The second-order valence-corrected chi connectivity index (χ2v) is 7.75. The predicted octanol–water partition coefficient (Wildman–Crippen LogP) is 4.12. The van der Waals surface area contributed by atoms with E-state index < -0.39 is 0 Å². The van der Waals surface area contributed by atoms with Crippen molar-refractivity contribution >= 4 is 22.8 Å². The summed E-state index contributed by atoms with van der Waals surface area (Å²) in [6, 6.07) is 15.0. The van der Waals surface area contributed by atoms with E-state index in [1.165, 1.54) is 7.11 Å². The van der Waals surface area contributed by atoms with Crippen LogP contribution in [0.2, 0.25) is 0 Å². The monoisotopic (exact) mass is 415 g/mol. The van der Waals surface area contributed by atoms with Gasteiger partial charge in [0.2, 0.25) is 5.76 Å². The fourth-order valence-corrected chi connectivity index (χ4v) is 4.02. The quantitative estimate of drug-likeness (QED) is 0.509. The van der Waals surface area contributed by atoms with E-state index >= 15 is 0 Å². The summed E-state index contributed by atoms with van der Waals surface area (Å²) in [6.45, 7) is 3.02. The summed E-state index contributed by atoms with van der Waals surface area (Å²) in [6.07, 6.45) is 0.697. The lowest BCUT2D eigenvalue weighted by molar-refractivity contribution is 0.0600. The van der Waals surface area contributed by atoms with Gasteiger partial charge in [0.15, 0.2) is 0 Å². The van der Waals surface area contributed by atoms with Gasteiger partial charge in [0.1, 0.15) is 5.69 Å². The van der Waals surface area contributed by atoms with Crippen molar-refractivity contribution in [1.82, 2.24) is 15.0 Å². The van der Waals surface area contributed by atoms with Gasteiger partial charge >= 0.3 is 5.97 Å². The molecule has 0 saturated carbocycles. The number of ether oxygens (including phenoxy) is 1. The average molecular weight is 415 g/mol. The molecule has 0 spiro atoms. The van der Waals surface area contributed by atoms with Crippen LogP contribution < -0.4 is 0 Å². The molecule has 0 fully saturated rings. The number of rotatable bonds is 3. The third kappa shape index (κ3) is 3.38. The summed E-state index contributed by atoms with van der Waals surface area (Å²) in [4.78, 5) is 30.2. The van der Waals surface area contributed by atoms with Gasteiger partial charge in [-0.05, 0) is 25.1 Å². The van der Waals surface area contributed by atoms with E-state index in [9.17, 15) is 9.59 Å². The van der Waals surface area contributed by atoms with Crippen LogP contribution >= 0.6 is 0 Å². The molecule has 156 valence electrons. The molecule has 1 aliphatic heterocycles. The summed E-state index contributed by atoms with van der Waals surface area (Å²) in [5.41, 5.74) is 6.21. The molecule has 2 aromatic heterocycles. The van der Waals surface area contributed by atoms with Gasteiger partial charge < -0.3 is 19.1 Å². The van der Waals surface area contributed by atoms with Crippen molar-refractivity contribution in [2.45, 2.75) is 19.9 Å². The largest absolute Gasteiger partial charge is 0.465 e. The number of aryl methyl sites for hydroxylation is 1. The molecule has 0 radical (unpaired) electrons. The van der Waals surface area contributed by atoms with Crippen LogP contribution in [0.25, 0.3) is 22.2 Å². The minimum atomic E-state index is -0.383. The molecule has 0 aliphatic carbocycles. The van der Waals surface area contributed by atoms with E-state index in [2.05, 4.69) is 10.1 Å². The number of aromatic amines is 1. The Balaban J connectivity index is 1.42. The highest BCUT2D eigenvalue weighted by Crippen LogP contribution is 2.30. The van der Waals surface area contributed by atoms with Crippen LogP contribution in [0.4, 0.5) is 0 Å². The number of nitrogens with zero attached hydrogens (tertiary/aromatic N) is 2. The summed E-state index contributed by atoms with van der Waals surface area (Å²) in [7, 11) is 1.36. The Bertz CT molecular complexity index is 1300. The third-order valence-corrected chi connectivity index (χ3v) is 5.75. The predicted molar refractivity (Wildman–Crippen MR) is 115 cm³/mol. The Morgan fingerprint density at radius 1 is 1.13 bits per heavy atom. The molecule has 0 saturated heterocycles. The maximum atomic E-state index is 13.1. The van der Waals surface area contributed by atoms with Crippen LogP contribution in [-0.2, 0) is 17.7 Å². The normalized spacial score (nSPS) is 13.3. The molecule has 5 rings (SSSR count). The zero-order valence-corrected chi connectivity index (χ0v) is 17.3. The van der Waals surface area contributed by atoms with Crippen molar-refractivity contribution in [2.75, 3.05) is 13.7 Å². The van der Waals surface area contributed by atoms with Crippen LogP contribution in [0, 0.1) is 6.92 Å². The topological polar surface area (TPSA) is 88.4 Å². The van der Waals surface area contributed by atoms with Crippen molar-refractivity contribution < 1.29 is 18.8 Å². The SMILES string of the molecule is COC(=O)c1ccc2[nH]c3c(c2c1)CN(C(=O)c1cc(-c2ccc(C)cc2)no1)CC3. The van der Waals surface area contributed by atoms with Gasteiger partial charge in [0, 0.05) is 53.3 Å². The molecule has 0 unspecified atom stereocenters. The van der Waals surface area contributed by atoms with Gasteiger partial charge in [0.25, 0.3) is 5.91 Å². The van der Waals surface area contributed by atoms with E-state index in [0.29, 0.717) is 30.8 Å². The first kappa shape index (κ1) is 19.1. The molecule has 31 heavy (non-hydrogen) atoms. The standard InChI is InChI=1S/C24H21N3O4/c1-14-3-5-15(6-4-14)21-12-22(31-26-21)23(28)27-10-9-20-18(13-27)17-11-16(24(29)30-2)7-8-19(17)25-20/h3-8,11-12,25H,9-10,13H2,1-2H3. The molecular formula is C24H21N3O4. The highest BCUT2D eigenvalue weighted by atomic mass is 16.5. The van der Waals surface area contributed by atoms with Crippen molar-refractivity contribution in [3.63, 3.8) is 0 Å². The lowest BCUT2D eigenvalue weighted by Crippen LogP contribution is -2.35. The van der Waals surface area contributed by atoms with Gasteiger partial charge in [-0.2, -0.15) is 0 Å². The Hall–Kier alpha value is -3.87. The molecule has 2 aromatic carbocycles. The summed E-state index contributed by atoms with van der Waals surface area (Å²) < 4.78 is 10.2. The molecule has 3 heterocycles. The van der Waals surface area contributed by atoms with E-state index in [-0.39, 0.29) is 17.6 Å². The number of esters is 1. The van der Waals surface area contributed by atoms with Gasteiger partial charge in [-0.25, -0.2) is 4.79 Å². The van der Waals surface area contributed by atoms with Crippen molar-refractivity contribution in [2.24, 2.45) is 0 Å². The number of fused-ring (bicyclic) bond motifs is 3. The number of amides is 1. The van der Waals surface area contributed by atoms with Crippen LogP contribution in [0.1, 0.15) is 37.7 Å². The first-order valence-corrected chi connectivity index (χ1v) is 10.1. The number of carbonyl (C=O) groups excluding carboxylic acids is 2. The number of carbonyl (C=O) groups is 2. The minimum absolute atomic E-state index is 0.199. The Labute approximate surface area is 178 Å². The van der Waals surface area contributed by atoms with Crippen LogP contribution in [0.3, 0.4) is 0 Å². The van der Waals surface area contributed by atoms with E-state index in [1.54, 1.807) is 17.0 Å². The molecule has 4 aromatic rings. The molecule has 7 heteroatoms. The van der Waals surface area contributed by atoms with Crippen LogP contribution in [0.5, 0.6) is 0 Å². The molecule has 0 bridgehead atoms. The van der Waals surface area contributed by atoms with E-state index in [4.69, 9.17) is 9.26 Å².